The van der Waals surface area contributed by atoms with E-state index in [4.69, 9.17) is 11.6 Å². The van der Waals surface area contributed by atoms with Crippen LogP contribution in [0.3, 0.4) is 0 Å². The van der Waals surface area contributed by atoms with Crippen molar-refractivity contribution in [1.29, 1.82) is 0 Å². The second-order valence-corrected chi connectivity index (χ2v) is 4.45. The highest BCUT2D eigenvalue weighted by Crippen LogP contribution is 2.35. The van der Waals surface area contributed by atoms with Gasteiger partial charge in [-0.1, -0.05) is 23.7 Å². The van der Waals surface area contributed by atoms with Gasteiger partial charge in [0.15, 0.2) is 0 Å². The maximum atomic E-state index is 6.15. The lowest BCUT2D eigenvalue weighted by atomic mass is 10.1. The van der Waals surface area contributed by atoms with Crippen molar-refractivity contribution in [3.05, 3.63) is 28.8 Å². The van der Waals surface area contributed by atoms with E-state index in [1.165, 1.54) is 24.9 Å². The van der Waals surface area contributed by atoms with Crippen LogP contribution >= 0.6 is 11.6 Å². The Morgan fingerprint density at radius 1 is 1.43 bits per heavy atom. The Hall–Kier alpha value is -0.730. The Bertz CT molecular complexity index is 364. The molecule has 0 radical (unpaired) electrons. The molecule has 2 aliphatic heterocycles. The lowest BCUT2D eigenvalue weighted by molar-refractivity contribution is 0.257. The first kappa shape index (κ1) is 8.57. The monoisotopic (exact) mass is 208 g/mol. The number of benzene rings is 1. The first-order valence-corrected chi connectivity index (χ1v) is 5.50. The van der Waals surface area contributed by atoms with Gasteiger partial charge in [0.2, 0.25) is 0 Å². The summed E-state index contributed by atoms with van der Waals surface area (Å²) in [4.78, 5) is 2.48. The number of nitrogens with zero attached hydrogens (tertiary/aromatic N) is 1. The second kappa shape index (κ2) is 3.14. The van der Waals surface area contributed by atoms with Crippen molar-refractivity contribution < 1.29 is 0 Å². The fourth-order valence-corrected chi connectivity index (χ4v) is 2.68. The van der Waals surface area contributed by atoms with E-state index in [1.807, 2.05) is 12.1 Å². The summed E-state index contributed by atoms with van der Waals surface area (Å²) in [5, 5.41) is 4.38. The number of rotatable bonds is 0. The predicted octanol–water partition coefficient (Wildman–Crippen LogP) is 2.69. The van der Waals surface area contributed by atoms with Crippen LogP contribution in [0.2, 0.25) is 5.02 Å². The smallest absolute Gasteiger partial charge is 0.0797 e. The number of hydrogen-bond donors (Lipinski definition) is 1. The van der Waals surface area contributed by atoms with Gasteiger partial charge >= 0.3 is 0 Å². The maximum Gasteiger partial charge on any atom is 0.0797 e. The van der Waals surface area contributed by atoms with Gasteiger partial charge in [0, 0.05) is 13.1 Å². The summed E-state index contributed by atoms with van der Waals surface area (Å²) in [6, 6.07) is 6.14. The van der Waals surface area contributed by atoms with E-state index >= 15 is 0 Å². The molecule has 1 atom stereocenters. The molecule has 0 aliphatic carbocycles. The normalized spacial score (nSPS) is 25.4. The first-order chi connectivity index (χ1) is 6.84. The molecule has 1 N–H and O–H groups in total. The van der Waals surface area contributed by atoms with Gasteiger partial charge in [-0.3, -0.25) is 4.90 Å². The van der Waals surface area contributed by atoms with Crippen molar-refractivity contribution in [3.8, 4) is 0 Å². The van der Waals surface area contributed by atoms with Crippen LogP contribution in [0.1, 0.15) is 18.4 Å². The number of para-hydroxylation sites is 1. The highest BCUT2D eigenvalue weighted by molar-refractivity contribution is 6.33. The standard InChI is InChI=1S/C11H13ClN2/c12-9-4-1-3-8-7-14-6-2-5-10(14)13-11(8)9/h1,3-4,10,13H,2,5-7H2. The van der Waals surface area contributed by atoms with Crippen molar-refractivity contribution in [2.75, 3.05) is 11.9 Å². The third-order valence-electron chi connectivity index (χ3n) is 3.15. The van der Waals surface area contributed by atoms with Crippen molar-refractivity contribution in [1.82, 2.24) is 4.90 Å². The fraction of sp³-hybridized carbons (Fsp3) is 0.455. The van der Waals surface area contributed by atoms with Gasteiger partial charge in [0.1, 0.15) is 0 Å². The molecule has 1 aromatic rings. The third kappa shape index (κ3) is 1.22. The molecule has 1 fully saturated rings. The third-order valence-corrected chi connectivity index (χ3v) is 3.46. The summed E-state index contributed by atoms with van der Waals surface area (Å²) in [6.45, 7) is 2.26. The topological polar surface area (TPSA) is 15.3 Å². The van der Waals surface area contributed by atoms with Crippen molar-refractivity contribution in [2.24, 2.45) is 0 Å². The van der Waals surface area contributed by atoms with Gasteiger partial charge < -0.3 is 5.32 Å². The molecule has 2 aliphatic rings. The van der Waals surface area contributed by atoms with Crippen LogP contribution in [0.25, 0.3) is 0 Å². The van der Waals surface area contributed by atoms with E-state index in [9.17, 15) is 0 Å². The van der Waals surface area contributed by atoms with Crippen molar-refractivity contribution in [3.63, 3.8) is 0 Å². The van der Waals surface area contributed by atoms with Gasteiger partial charge in [-0.15, -0.1) is 0 Å². The van der Waals surface area contributed by atoms with Crippen LogP contribution < -0.4 is 5.32 Å². The van der Waals surface area contributed by atoms with Gasteiger partial charge in [0.05, 0.1) is 16.9 Å². The van der Waals surface area contributed by atoms with Gasteiger partial charge in [-0.05, 0) is 24.5 Å². The Labute approximate surface area is 88.9 Å². The summed E-state index contributed by atoms with van der Waals surface area (Å²) < 4.78 is 0. The lowest BCUT2D eigenvalue weighted by Gasteiger charge is -2.33. The molecular formula is C11H13ClN2. The molecule has 3 rings (SSSR count). The molecule has 1 aromatic carbocycles. The number of hydrogen-bond acceptors (Lipinski definition) is 2. The number of fused-ring (bicyclic) bond motifs is 2. The molecule has 0 saturated carbocycles. The molecule has 0 bridgehead atoms. The molecule has 0 aromatic heterocycles. The van der Waals surface area contributed by atoms with E-state index < -0.39 is 0 Å². The van der Waals surface area contributed by atoms with Crippen LogP contribution in [0.4, 0.5) is 5.69 Å². The molecule has 0 amide bonds. The SMILES string of the molecule is Clc1cccc2c1NC1CCCN1C2. The Morgan fingerprint density at radius 2 is 2.36 bits per heavy atom. The molecule has 2 nitrogen and oxygen atoms in total. The van der Waals surface area contributed by atoms with Crippen LogP contribution in [-0.2, 0) is 6.54 Å². The molecule has 0 spiro atoms. The molecule has 14 heavy (non-hydrogen) atoms. The zero-order valence-corrected chi connectivity index (χ0v) is 8.72. The number of halogens is 1. The number of anilines is 1. The number of nitrogens with one attached hydrogen (secondary N) is 1. The summed E-state index contributed by atoms with van der Waals surface area (Å²) in [6.07, 6.45) is 3.05. The Morgan fingerprint density at radius 3 is 3.29 bits per heavy atom. The van der Waals surface area contributed by atoms with E-state index in [-0.39, 0.29) is 0 Å². The first-order valence-electron chi connectivity index (χ1n) is 5.12. The van der Waals surface area contributed by atoms with Gasteiger partial charge in [-0.2, -0.15) is 0 Å². The minimum atomic E-state index is 0.516. The minimum Gasteiger partial charge on any atom is -0.368 e. The molecular weight excluding hydrogens is 196 g/mol. The van der Waals surface area contributed by atoms with E-state index in [2.05, 4.69) is 16.3 Å². The zero-order chi connectivity index (χ0) is 9.54. The van der Waals surface area contributed by atoms with Crippen molar-refractivity contribution >= 4 is 17.3 Å². The van der Waals surface area contributed by atoms with Crippen molar-refractivity contribution in [2.45, 2.75) is 25.6 Å². The van der Waals surface area contributed by atoms with Crippen LogP contribution in [0.15, 0.2) is 18.2 Å². The largest absolute Gasteiger partial charge is 0.368 e. The Kier molecular flexibility index (Phi) is 1.92. The molecule has 1 unspecified atom stereocenters. The van der Waals surface area contributed by atoms with Gasteiger partial charge in [0.25, 0.3) is 0 Å². The van der Waals surface area contributed by atoms with Crippen LogP contribution in [0, 0.1) is 0 Å². The summed E-state index contributed by atoms with van der Waals surface area (Å²) >= 11 is 6.15. The molecule has 74 valence electrons. The minimum absolute atomic E-state index is 0.516. The highest BCUT2D eigenvalue weighted by Gasteiger charge is 2.29. The summed E-state index contributed by atoms with van der Waals surface area (Å²) in [7, 11) is 0. The second-order valence-electron chi connectivity index (χ2n) is 4.05. The maximum absolute atomic E-state index is 6.15. The quantitative estimate of drug-likeness (QED) is 0.705. The molecule has 3 heteroatoms. The summed E-state index contributed by atoms with van der Waals surface area (Å²) in [5.41, 5.74) is 2.48. The fourth-order valence-electron chi connectivity index (χ4n) is 2.43. The molecule has 1 saturated heterocycles. The predicted molar refractivity (Wildman–Crippen MR) is 58.5 cm³/mol. The van der Waals surface area contributed by atoms with E-state index in [1.54, 1.807) is 0 Å². The average molecular weight is 209 g/mol. The van der Waals surface area contributed by atoms with Crippen LogP contribution in [-0.4, -0.2) is 17.6 Å². The van der Waals surface area contributed by atoms with Crippen LogP contribution in [0.5, 0.6) is 0 Å². The average Bonchev–Trinajstić information content (AvgIpc) is 2.62. The molecule has 2 heterocycles. The lowest BCUT2D eigenvalue weighted by Crippen LogP contribution is -2.39. The Balaban J connectivity index is 2.01. The summed E-state index contributed by atoms with van der Waals surface area (Å²) in [5.74, 6) is 0. The highest BCUT2D eigenvalue weighted by atomic mass is 35.5. The van der Waals surface area contributed by atoms with E-state index in [0.29, 0.717) is 6.17 Å². The van der Waals surface area contributed by atoms with Gasteiger partial charge in [-0.25, -0.2) is 0 Å². The zero-order valence-electron chi connectivity index (χ0n) is 7.96. The van der Waals surface area contributed by atoms with E-state index in [0.717, 1.165) is 17.3 Å².